The summed E-state index contributed by atoms with van der Waals surface area (Å²) < 4.78 is 11.4. The first-order valence-corrected chi connectivity index (χ1v) is 8.49. The van der Waals surface area contributed by atoms with Crippen LogP contribution in [0.15, 0.2) is 23.1 Å². The number of fused-ring (bicyclic) bond motifs is 1. The molecule has 0 bridgehead atoms. The van der Waals surface area contributed by atoms with E-state index in [4.69, 9.17) is 9.47 Å². The second kappa shape index (κ2) is 6.46. The fourth-order valence-electron chi connectivity index (χ4n) is 3.04. The smallest absolute Gasteiger partial charge is 0.162 e. The monoisotopic (exact) mass is 309 g/mol. The Morgan fingerprint density at radius 2 is 2.14 bits per heavy atom. The summed E-state index contributed by atoms with van der Waals surface area (Å²) in [6.07, 6.45) is 4.09. The first-order valence-electron chi connectivity index (χ1n) is 7.61. The Balaban J connectivity index is 1.67. The van der Waals surface area contributed by atoms with Crippen molar-refractivity contribution in [1.82, 2.24) is 5.32 Å². The third kappa shape index (κ3) is 3.30. The number of benzene rings is 1. The van der Waals surface area contributed by atoms with Gasteiger partial charge in [0.05, 0.1) is 19.8 Å². The minimum Gasteiger partial charge on any atom is -0.490 e. The maximum Gasteiger partial charge on any atom is 0.162 e. The standard InChI is InChI=1S/C16H23NO3S/c1-17-16(11-18)6-5-13(10-16)21-12-3-4-14-15(9-12)20-8-2-7-19-14/h3-4,9,13,17-18H,2,5-8,10-11H2,1H3. The normalized spacial score (nSPS) is 28.4. The van der Waals surface area contributed by atoms with Gasteiger partial charge in [-0.2, -0.15) is 0 Å². The molecule has 21 heavy (non-hydrogen) atoms. The Morgan fingerprint density at radius 1 is 1.33 bits per heavy atom. The molecule has 1 heterocycles. The van der Waals surface area contributed by atoms with Crippen LogP contribution >= 0.6 is 11.8 Å². The van der Waals surface area contributed by atoms with Crippen molar-refractivity contribution >= 4 is 11.8 Å². The highest BCUT2D eigenvalue weighted by Gasteiger charge is 2.37. The molecule has 1 aliphatic carbocycles. The molecule has 5 heteroatoms. The highest BCUT2D eigenvalue weighted by atomic mass is 32.2. The number of rotatable bonds is 4. The lowest BCUT2D eigenvalue weighted by atomic mass is 10.00. The largest absolute Gasteiger partial charge is 0.490 e. The van der Waals surface area contributed by atoms with Crippen molar-refractivity contribution in [2.75, 3.05) is 26.9 Å². The van der Waals surface area contributed by atoms with Crippen LogP contribution in [0, 0.1) is 0 Å². The van der Waals surface area contributed by atoms with Crippen molar-refractivity contribution < 1.29 is 14.6 Å². The molecule has 0 aromatic heterocycles. The number of aliphatic hydroxyl groups is 1. The molecule has 2 unspecified atom stereocenters. The van der Waals surface area contributed by atoms with Gasteiger partial charge in [-0.05, 0) is 44.5 Å². The van der Waals surface area contributed by atoms with Gasteiger partial charge in [0.25, 0.3) is 0 Å². The van der Waals surface area contributed by atoms with Crippen molar-refractivity contribution in [3.8, 4) is 11.5 Å². The van der Waals surface area contributed by atoms with E-state index in [9.17, 15) is 5.11 Å². The SMILES string of the molecule is CNC1(CO)CCC(Sc2ccc3c(c2)OCCCO3)C1. The zero-order chi connectivity index (χ0) is 14.7. The van der Waals surface area contributed by atoms with Crippen molar-refractivity contribution in [3.05, 3.63) is 18.2 Å². The van der Waals surface area contributed by atoms with Crippen LogP contribution in [0.4, 0.5) is 0 Å². The number of hydrogen-bond donors (Lipinski definition) is 2. The van der Waals surface area contributed by atoms with E-state index in [0.29, 0.717) is 5.25 Å². The Kier molecular flexibility index (Phi) is 4.62. The summed E-state index contributed by atoms with van der Waals surface area (Å²) in [6, 6.07) is 6.20. The number of hydrogen-bond acceptors (Lipinski definition) is 5. The van der Waals surface area contributed by atoms with Crippen molar-refractivity contribution in [2.45, 2.75) is 41.4 Å². The van der Waals surface area contributed by atoms with Crippen molar-refractivity contribution in [2.24, 2.45) is 0 Å². The summed E-state index contributed by atoms with van der Waals surface area (Å²) in [4.78, 5) is 1.22. The summed E-state index contributed by atoms with van der Waals surface area (Å²) in [7, 11) is 1.94. The second-order valence-electron chi connectivity index (χ2n) is 5.83. The van der Waals surface area contributed by atoms with E-state index >= 15 is 0 Å². The maximum atomic E-state index is 9.58. The van der Waals surface area contributed by atoms with Crippen LogP contribution in [0.2, 0.25) is 0 Å². The molecular weight excluding hydrogens is 286 g/mol. The van der Waals surface area contributed by atoms with Crippen molar-refractivity contribution in [3.63, 3.8) is 0 Å². The molecule has 3 rings (SSSR count). The molecule has 1 aromatic rings. The van der Waals surface area contributed by atoms with Gasteiger partial charge < -0.3 is 19.9 Å². The van der Waals surface area contributed by atoms with Crippen LogP contribution in [0.5, 0.6) is 11.5 Å². The van der Waals surface area contributed by atoms with E-state index in [-0.39, 0.29) is 12.1 Å². The molecule has 2 N–H and O–H groups in total. The number of aliphatic hydroxyl groups excluding tert-OH is 1. The molecule has 0 radical (unpaired) electrons. The molecule has 0 amide bonds. The summed E-state index contributed by atoms with van der Waals surface area (Å²) in [6.45, 7) is 1.66. The zero-order valence-corrected chi connectivity index (χ0v) is 13.2. The number of nitrogens with one attached hydrogen (secondary N) is 1. The average Bonchev–Trinajstić information content (AvgIpc) is 2.77. The quantitative estimate of drug-likeness (QED) is 0.895. The van der Waals surface area contributed by atoms with Crippen LogP contribution in [0.25, 0.3) is 0 Å². The molecule has 1 saturated carbocycles. The minimum absolute atomic E-state index is 0.0943. The molecule has 2 aliphatic rings. The van der Waals surface area contributed by atoms with Crippen LogP contribution < -0.4 is 14.8 Å². The number of ether oxygens (including phenoxy) is 2. The Hall–Kier alpha value is -0.910. The van der Waals surface area contributed by atoms with Gasteiger partial charge in [0.15, 0.2) is 11.5 Å². The fraction of sp³-hybridized carbons (Fsp3) is 0.625. The maximum absolute atomic E-state index is 9.58. The molecule has 2 atom stereocenters. The molecule has 1 aliphatic heterocycles. The lowest BCUT2D eigenvalue weighted by Gasteiger charge is -2.26. The molecule has 0 spiro atoms. The Morgan fingerprint density at radius 3 is 2.86 bits per heavy atom. The van der Waals surface area contributed by atoms with Crippen LogP contribution in [0.3, 0.4) is 0 Å². The Labute approximate surface area is 130 Å². The van der Waals surface area contributed by atoms with Crippen molar-refractivity contribution in [1.29, 1.82) is 0 Å². The highest BCUT2D eigenvalue weighted by molar-refractivity contribution is 8.00. The lowest BCUT2D eigenvalue weighted by Crippen LogP contribution is -2.44. The zero-order valence-electron chi connectivity index (χ0n) is 12.4. The van der Waals surface area contributed by atoms with E-state index < -0.39 is 0 Å². The molecule has 116 valence electrons. The van der Waals surface area contributed by atoms with Crippen LogP contribution in [-0.2, 0) is 0 Å². The van der Waals surface area contributed by atoms with Crippen LogP contribution in [-0.4, -0.2) is 42.8 Å². The second-order valence-corrected chi connectivity index (χ2v) is 7.20. The minimum atomic E-state index is -0.0943. The summed E-state index contributed by atoms with van der Waals surface area (Å²) in [5.41, 5.74) is -0.0943. The van der Waals surface area contributed by atoms with E-state index in [1.54, 1.807) is 0 Å². The third-order valence-corrected chi connectivity index (χ3v) is 5.68. The van der Waals surface area contributed by atoms with Gasteiger partial charge in [-0.15, -0.1) is 11.8 Å². The summed E-state index contributed by atoms with van der Waals surface area (Å²) in [5, 5.41) is 13.4. The van der Waals surface area contributed by atoms with Gasteiger partial charge in [-0.1, -0.05) is 0 Å². The number of thioether (sulfide) groups is 1. The van der Waals surface area contributed by atoms with Gasteiger partial charge in [-0.25, -0.2) is 0 Å². The first-order chi connectivity index (χ1) is 10.2. The van der Waals surface area contributed by atoms with Crippen LogP contribution in [0.1, 0.15) is 25.7 Å². The summed E-state index contributed by atoms with van der Waals surface area (Å²) >= 11 is 1.88. The van der Waals surface area contributed by atoms with E-state index in [1.807, 2.05) is 24.9 Å². The fourth-order valence-corrected chi connectivity index (χ4v) is 4.38. The molecule has 0 saturated heterocycles. The molecule has 1 aromatic carbocycles. The van der Waals surface area contributed by atoms with E-state index in [2.05, 4.69) is 17.4 Å². The third-order valence-electron chi connectivity index (χ3n) is 4.42. The first kappa shape index (κ1) is 15.0. The average molecular weight is 309 g/mol. The Bertz CT molecular complexity index is 490. The highest BCUT2D eigenvalue weighted by Crippen LogP contribution is 2.42. The van der Waals surface area contributed by atoms with Gasteiger partial charge in [-0.3, -0.25) is 0 Å². The molecule has 1 fully saturated rings. The van der Waals surface area contributed by atoms with Gasteiger partial charge in [0.2, 0.25) is 0 Å². The number of likely N-dealkylation sites (N-methyl/N-ethyl adjacent to an activating group) is 1. The topological polar surface area (TPSA) is 50.7 Å². The molecular formula is C16H23NO3S. The van der Waals surface area contributed by atoms with E-state index in [0.717, 1.165) is 50.4 Å². The predicted molar refractivity (Wildman–Crippen MR) is 84.4 cm³/mol. The van der Waals surface area contributed by atoms with Gasteiger partial charge in [0, 0.05) is 22.1 Å². The van der Waals surface area contributed by atoms with Gasteiger partial charge >= 0.3 is 0 Å². The summed E-state index contributed by atoms with van der Waals surface area (Å²) in [5.74, 6) is 1.71. The van der Waals surface area contributed by atoms with Gasteiger partial charge in [0.1, 0.15) is 0 Å². The lowest BCUT2D eigenvalue weighted by molar-refractivity contribution is 0.173. The van der Waals surface area contributed by atoms with E-state index in [1.165, 1.54) is 4.90 Å². The predicted octanol–water partition coefficient (Wildman–Crippen LogP) is 2.44. The molecule has 4 nitrogen and oxygen atoms in total.